The number of aromatic nitrogens is 2. The van der Waals surface area contributed by atoms with Crippen LogP contribution in [0.4, 0.5) is 5.82 Å². The van der Waals surface area contributed by atoms with Crippen molar-refractivity contribution in [2.75, 3.05) is 18.0 Å². The molecule has 2 rings (SSSR count). The zero-order valence-electron chi connectivity index (χ0n) is 12.0. The minimum absolute atomic E-state index is 0.104. The molecule has 1 aromatic rings. The molecule has 5 heteroatoms. The van der Waals surface area contributed by atoms with Crippen molar-refractivity contribution in [3.8, 4) is 0 Å². The molecule has 1 saturated heterocycles. The van der Waals surface area contributed by atoms with Gasteiger partial charge in [-0.2, -0.15) is 0 Å². The van der Waals surface area contributed by atoms with Gasteiger partial charge in [-0.15, -0.1) is 0 Å². The van der Waals surface area contributed by atoms with Crippen LogP contribution in [-0.4, -0.2) is 34.3 Å². The van der Waals surface area contributed by atoms with Crippen molar-refractivity contribution in [2.45, 2.75) is 46.1 Å². The van der Waals surface area contributed by atoms with E-state index in [0.717, 1.165) is 35.8 Å². The lowest BCUT2D eigenvalue weighted by molar-refractivity contribution is 0.0334. The number of nitrogens with zero attached hydrogens (tertiary/aromatic N) is 3. The highest BCUT2D eigenvalue weighted by atomic mass is 79.9. The van der Waals surface area contributed by atoms with E-state index in [0.29, 0.717) is 5.92 Å². The summed E-state index contributed by atoms with van der Waals surface area (Å²) in [5.74, 6) is 2.11. The summed E-state index contributed by atoms with van der Waals surface area (Å²) in [7, 11) is 0. The van der Waals surface area contributed by atoms with Gasteiger partial charge in [0, 0.05) is 30.5 Å². The van der Waals surface area contributed by atoms with Crippen molar-refractivity contribution < 1.29 is 5.11 Å². The predicted molar refractivity (Wildman–Crippen MR) is 80.4 cm³/mol. The molecule has 1 N–H and O–H groups in total. The number of anilines is 1. The molecule has 4 nitrogen and oxygen atoms in total. The molecular formula is C14H22BrN3O. The molecule has 0 bridgehead atoms. The topological polar surface area (TPSA) is 49.2 Å². The minimum Gasteiger partial charge on any atom is -0.392 e. The number of rotatable bonds is 2. The molecule has 1 fully saturated rings. The van der Waals surface area contributed by atoms with Crippen molar-refractivity contribution >= 4 is 21.7 Å². The van der Waals surface area contributed by atoms with E-state index in [-0.39, 0.29) is 11.5 Å². The maximum absolute atomic E-state index is 10.0. The number of aliphatic hydroxyl groups excluding tert-OH is 1. The number of halogens is 1. The van der Waals surface area contributed by atoms with E-state index in [1.165, 1.54) is 0 Å². The third-order valence-electron chi connectivity index (χ3n) is 3.71. The van der Waals surface area contributed by atoms with Gasteiger partial charge in [-0.1, -0.05) is 27.7 Å². The maximum atomic E-state index is 10.0. The van der Waals surface area contributed by atoms with Crippen molar-refractivity contribution in [3.05, 3.63) is 16.5 Å². The number of piperidine rings is 1. The highest BCUT2D eigenvalue weighted by Crippen LogP contribution is 2.32. The molecule has 0 spiro atoms. The van der Waals surface area contributed by atoms with Crippen molar-refractivity contribution in [1.82, 2.24) is 9.97 Å². The molecule has 2 heterocycles. The van der Waals surface area contributed by atoms with Gasteiger partial charge >= 0.3 is 0 Å². The summed E-state index contributed by atoms with van der Waals surface area (Å²) in [6.07, 6.45) is 0.546. The summed E-state index contributed by atoms with van der Waals surface area (Å²) in [6.45, 7) is 10.0. The first-order chi connectivity index (χ1) is 8.79. The Bertz CT molecular complexity index is 462. The van der Waals surface area contributed by atoms with Crippen LogP contribution in [0.15, 0.2) is 10.7 Å². The normalized spacial score (nSPS) is 22.9. The molecule has 1 aliphatic rings. The summed E-state index contributed by atoms with van der Waals surface area (Å²) >= 11 is 3.46. The molecule has 0 amide bonds. The van der Waals surface area contributed by atoms with Crippen LogP contribution in [0.1, 0.15) is 45.9 Å². The first kappa shape index (κ1) is 14.7. The van der Waals surface area contributed by atoms with Crippen LogP contribution in [0.25, 0.3) is 0 Å². The van der Waals surface area contributed by atoms with Crippen LogP contribution in [0.2, 0.25) is 0 Å². The third-order valence-corrected chi connectivity index (χ3v) is 4.12. The van der Waals surface area contributed by atoms with Gasteiger partial charge in [0.25, 0.3) is 0 Å². The van der Waals surface area contributed by atoms with Gasteiger partial charge in [0.1, 0.15) is 16.2 Å². The van der Waals surface area contributed by atoms with Crippen LogP contribution >= 0.6 is 15.9 Å². The number of hydrogen-bond acceptors (Lipinski definition) is 4. The summed E-state index contributed by atoms with van der Waals surface area (Å²) in [6, 6.07) is 1.96. The lowest BCUT2D eigenvalue weighted by atomic mass is 9.81. The van der Waals surface area contributed by atoms with Gasteiger partial charge in [0.05, 0.1) is 6.10 Å². The molecule has 1 aromatic heterocycles. The Kier molecular flexibility index (Phi) is 4.16. The van der Waals surface area contributed by atoms with E-state index in [2.05, 4.69) is 58.5 Å². The van der Waals surface area contributed by atoms with Gasteiger partial charge in [0.2, 0.25) is 0 Å². The zero-order chi connectivity index (χ0) is 14.2. The highest BCUT2D eigenvalue weighted by molar-refractivity contribution is 9.10. The second kappa shape index (κ2) is 5.37. The Labute approximate surface area is 123 Å². The van der Waals surface area contributed by atoms with Gasteiger partial charge in [-0.25, -0.2) is 9.97 Å². The maximum Gasteiger partial charge on any atom is 0.134 e. The lowest BCUT2D eigenvalue weighted by Crippen LogP contribution is -2.49. The quantitative estimate of drug-likeness (QED) is 0.848. The summed E-state index contributed by atoms with van der Waals surface area (Å²) in [5.41, 5.74) is -0.104. The first-order valence-corrected chi connectivity index (χ1v) is 7.56. The molecular weight excluding hydrogens is 306 g/mol. The Hall–Kier alpha value is -0.680. The van der Waals surface area contributed by atoms with Gasteiger partial charge in [-0.05, 0) is 22.4 Å². The molecule has 0 radical (unpaired) electrons. The summed E-state index contributed by atoms with van der Waals surface area (Å²) in [5, 5.41) is 10.0. The molecule has 0 saturated carbocycles. The van der Waals surface area contributed by atoms with E-state index in [4.69, 9.17) is 0 Å². The van der Waals surface area contributed by atoms with Gasteiger partial charge in [0.15, 0.2) is 0 Å². The molecule has 0 aliphatic carbocycles. The van der Waals surface area contributed by atoms with E-state index in [9.17, 15) is 5.11 Å². The van der Waals surface area contributed by atoms with Crippen LogP contribution in [0.5, 0.6) is 0 Å². The summed E-state index contributed by atoms with van der Waals surface area (Å²) < 4.78 is 0.824. The fourth-order valence-corrected chi connectivity index (χ4v) is 2.77. The Morgan fingerprint density at radius 3 is 2.68 bits per heavy atom. The van der Waals surface area contributed by atoms with Crippen LogP contribution in [0, 0.1) is 5.41 Å². The minimum atomic E-state index is -0.237. The van der Waals surface area contributed by atoms with Crippen molar-refractivity contribution in [2.24, 2.45) is 5.41 Å². The Morgan fingerprint density at radius 2 is 2.11 bits per heavy atom. The first-order valence-electron chi connectivity index (χ1n) is 6.77. The lowest BCUT2D eigenvalue weighted by Gasteiger charge is -2.42. The zero-order valence-corrected chi connectivity index (χ0v) is 13.6. The average Bonchev–Trinajstić information content (AvgIpc) is 2.31. The second-order valence-electron chi connectivity index (χ2n) is 6.28. The standard InChI is InChI=1S/C14H22BrN3O/c1-9(2)13-16-11(15)7-12(17-13)18-6-5-10(19)14(3,4)8-18/h7,9-10,19H,5-6,8H2,1-4H3. The fraction of sp³-hybridized carbons (Fsp3) is 0.714. The van der Waals surface area contributed by atoms with Crippen molar-refractivity contribution in [3.63, 3.8) is 0 Å². The summed E-state index contributed by atoms with van der Waals surface area (Å²) in [4.78, 5) is 11.3. The monoisotopic (exact) mass is 327 g/mol. The third kappa shape index (κ3) is 3.26. The van der Waals surface area contributed by atoms with E-state index < -0.39 is 0 Å². The fourth-order valence-electron chi connectivity index (χ4n) is 2.38. The smallest absolute Gasteiger partial charge is 0.134 e. The molecule has 0 aromatic carbocycles. The van der Waals surface area contributed by atoms with Crippen molar-refractivity contribution in [1.29, 1.82) is 0 Å². The van der Waals surface area contributed by atoms with E-state index in [1.807, 2.05) is 6.07 Å². The average molecular weight is 328 g/mol. The highest BCUT2D eigenvalue weighted by Gasteiger charge is 2.35. The second-order valence-corrected chi connectivity index (χ2v) is 7.09. The Balaban J connectivity index is 2.27. The molecule has 19 heavy (non-hydrogen) atoms. The molecule has 1 aliphatic heterocycles. The Morgan fingerprint density at radius 1 is 1.42 bits per heavy atom. The SMILES string of the molecule is CC(C)c1nc(Br)cc(N2CCC(O)C(C)(C)C2)n1. The van der Waals surface area contributed by atoms with Gasteiger partial charge < -0.3 is 10.0 Å². The number of aliphatic hydroxyl groups is 1. The van der Waals surface area contributed by atoms with Crippen LogP contribution < -0.4 is 4.90 Å². The van der Waals surface area contributed by atoms with Crippen LogP contribution in [0.3, 0.4) is 0 Å². The van der Waals surface area contributed by atoms with Crippen LogP contribution in [-0.2, 0) is 0 Å². The van der Waals surface area contributed by atoms with Gasteiger partial charge in [-0.3, -0.25) is 0 Å². The van der Waals surface area contributed by atoms with E-state index >= 15 is 0 Å². The predicted octanol–water partition coefficient (Wildman–Crippen LogP) is 2.96. The van der Waals surface area contributed by atoms with E-state index in [1.54, 1.807) is 0 Å². The molecule has 1 atom stereocenters. The molecule has 106 valence electrons. The number of hydrogen-bond donors (Lipinski definition) is 1. The molecule has 1 unspecified atom stereocenters. The largest absolute Gasteiger partial charge is 0.392 e.